The molecular formula is C16H20ClN3O2. The van der Waals surface area contributed by atoms with Crippen LogP contribution in [0, 0.1) is 5.92 Å². The Morgan fingerprint density at radius 3 is 2.91 bits per heavy atom. The zero-order valence-electron chi connectivity index (χ0n) is 12.7. The van der Waals surface area contributed by atoms with E-state index in [1.165, 1.54) is 6.26 Å². The maximum atomic E-state index is 12.1. The van der Waals surface area contributed by atoms with Crippen molar-refractivity contribution in [1.29, 1.82) is 0 Å². The first-order valence-electron chi connectivity index (χ1n) is 7.19. The molecule has 1 aromatic carbocycles. The molecule has 22 heavy (non-hydrogen) atoms. The van der Waals surface area contributed by atoms with Crippen LogP contribution in [0.5, 0.6) is 0 Å². The summed E-state index contributed by atoms with van der Waals surface area (Å²) in [7, 11) is 0. The smallest absolute Gasteiger partial charge is 0.273 e. The predicted molar refractivity (Wildman–Crippen MR) is 85.5 cm³/mol. The van der Waals surface area contributed by atoms with Gasteiger partial charge in [0.1, 0.15) is 6.26 Å². The minimum atomic E-state index is -0.299. The van der Waals surface area contributed by atoms with E-state index in [1.807, 2.05) is 12.1 Å². The summed E-state index contributed by atoms with van der Waals surface area (Å²) in [4.78, 5) is 16.2. The molecule has 118 valence electrons. The van der Waals surface area contributed by atoms with Crippen molar-refractivity contribution in [2.45, 2.75) is 32.9 Å². The first kappa shape index (κ1) is 16.5. The van der Waals surface area contributed by atoms with E-state index in [9.17, 15) is 4.79 Å². The van der Waals surface area contributed by atoms with Gasteiger partial charge in [-0.2, -0.15) is 0 Å². The Morgan fingerprint density at radius 2 is 2.23 bits per heavy atom. The standard InChI is InChI=1S/C16H20ClN3O2/c1-10(2)6-13(18)16-20-14(9-22-16)15(21)19-8-11-4-3-5-12(17)7-11/h3-5,7,9-10,13H,6,8,18H2,1-2H3,(H,19,21). The van der Waals surface area contributed by atoms with Gasteiger partial charge in [0.05, 0.1) is 6.04 Å². The Morgan fingerprint density at radius 1 is 1.45 bits per heavy atom. The Hall–Kier alpha value is -1.85. The number of carbonyl (C=O) groups excluding carboxylic acids is 1. The van der Waals surface area contributed by atoms with Crippen molar-refractivity contribution < 1.29 is 9.21 Å². The van der Waals surface area contributed by atoms with Gasteiger partial charge in [0.25, 0.3) is 5.91 Å². The number of nitrogens with zero attached hydrogens (tertiary/aromatic N) is 1. The maximum absolute atomic E-state index is 12.1. The molecule has 2 aromatic rings. The highest BCUT2D eigenvalue weighted by molar-refractivity contribution is 6.30. The number of nitrogens with one attached hydrogen (secondary N) is 1. The summed E-state index contributed by atoms with van der Waals surface area (Å²) in [6.45, 7) is 4.52. The highest BCUT2D eigenvalue weighted by Gasteiger charge is 2.17. The number of hydrogen-bond donors (Lipinski definition) is 2. The van der Waals surface area contributed by atoms with Crippen molar-refractivity contribution in [2.24, 2.45) is 11.7 Å². The van der Waals surface area contributed by atoms with Crippen molar-refractivity contribution in [1.82, 2.24) is 10.3 Å². The van der Waals surface area contributed by atoms with Crippen LogP contribution in [-0.4, -0.2) is 10.9 Å². The van der Waals surface area contributed by atoms with Gasteiger partial charge < -0.3 is 15.5 Å². The number of hydrogen-bond acceptors (Lipinski definition) is 4. The molecule has 0 saturated heterocycles. The quantitative estimate of drug-likeness (QED) is 0.855. The van der Waals surface area contributed by atoms with E-state index < -0.39 is 0 Å². The highest BCUT2D eigenvalue weighted by atomic mass is 35.5. The SMILES string of the molecule is CC(C)CC(N)c1nc(C(=O)NCc2cccc(Cl)c2)co1. The van der Waals surface area contributed by atoms with Crippen molar-refractivity contribution in [3.8, 4) is 0 Å². The van der Waals surface area contributed by atoms with Crippen LogP contribution in [0.2, 0.25) is 5.02 Å². The molecule has 0 aliphatic rings. The van der Waals surface area contributed by atoms with Crippen molar-refractivity contribution in [2.75, 3.05) is 0 Å². The minimum Gasteiger partial charge on any atom is -0.446 e. The molecule has 0 radical (unpaired) electrons. The van der Waals surface area contributed by atoms with E-state index in [2.05, 4.69) is 24.1 Å². The molecule has 0 fully saturated rings. The zero-order valence-corrected chi connectivity index (χ0v) is 13.4. The maximum Gasteiger partial charge on any atom is 0.273 e. The molecule has 1 heterocycles. The fourth-order valence-corrected chi connectivity index (χ4v) is 2.30. The second-order valence-electron chi connectivity index (χ2n) is 5.62. The second kappa shape index (κ2) is 7.42. The lowest BCUT2D eigenvalue weighted by molar-refractivity contribution is 0.0946. The van der Waals surface area contributed by atoms with Crippen molar-refractivity contribution in [3.05, 3.63) is 52.7 Å². The molecule has 0 saturated carbocycles. The summed E-state index contributed by atoms with van der Waals surface area (Å²) >= 11 is 5.90. The third-order valence-electron chi connectivity index (χ3n) is 3.14. The summed E-state index contributed by atoms with van der Waals surface area (Å²) in [5.41, 5.74) is 7.14. The molecule has 0 aliphatic heterocycles. The van der Waals surface area contributed by atoms with Crippen LogP contribution in [0.4, 0.5) is 0 Å². The van der Waals surface area contributed by atoms with E-state index in [0.717, 1.165) is 12.0 Å². The Balaban J connectivity index is 1.94. The van der Waals surface area contributed by atoms with Crippen molar-refractivity contribution in [3.63, 3.8) is 0 Å². The Bertz CT molecular complexity index is 640. The summed E-state index contributed by atoms with van der Waals surface area (Å²) in [5.74, 6) is 0.523. The van der Waals surface area contributed by atoms with Gasteiger partial charge >= 0.3 is 0 Å². The fourth-order valence-electron chi connectivity index (χ4n) is 2.09. The van der Waals surface area contributed by atoms with Crippen LogP contribution < -0.4 is 11.1 Å². The summed E-state index contributed by atoms with van der Waals surface area (Å²) < 4.78 is 5.30. The van der Waals surface area contributed by atoms with Gasteiger partial charge in [-0.1, -0.05) is 37.6 Å². The number of rotatable bonds is 6. The molecule has 0 aliphatic carbocycles. The molecule has 1 unspecified atom stereocenters. The van der Waals surface area contributed by atoms with E-state index >= 15 is 0 Å². The highest BCUT2D eigenvalue weighted by Crippen LogP contribution is 2.18. The molecular weight excluding hydrogens is 302 g/mol. The molecule has 2 rings (SSSR count). The first-order chi connectivity index (χ1) is 10.5. The largest absolute Gasteiger partial charge is 0.446 e. The lowest BCUT2D eigenvalue weighted by Gasteiger charge is -2.09. The van der Waals surface area contributed by atoms with Gasteiger partial charge in [-0.05, 0) is 30.0 Å². The van der Waals surface area contributed by atoms with Gasteiger partial charge in [-0.3, -0.25) is 4.79 Å². The van der Waals surface area contributed by atoms with Gasteiger partial charge in [0.15, 0.2) is 5.69 Å². The third-order valence-corrected chi connectivity index (χ3v) is 3.37. The van der Waals surface area contributed by atoms with Crippen LogP contribution in [0.25, 0.3) is 0 Å². The van der Waals surface area contributed by atoms with Crippen LogP contribution >= 0.6 is 11.6 Å². The molecule has 0 spiro atoms. The molecule has 0 bridgehead atoms. The van der Waals surface area contributed by atoms with E-state index in [0.29, 0.717) is 23.4 Å². The molecule has 3 N–H and O–H groups in total. The monoisotopic (exact) mass is 321 g/mol. The summed E-state index contributed by atoms with van der Waals surface area (Å²) in [6.07, 6.45) is 2.09. The average molecular weight is 322 g/mol. The number of aromatic nitrogens is 1. The number of nitrogens with two attached hydrogens (primary N) is 1. The normalized spacial score (nSPS) is 12.4. The molecule has 1 atom stereocenters. The predicted octanol–water partition coefficient (Wildman–Crippen LogP) is 3.30. The summed E-state index contributed by atoms with van der Waals surface area (Å²) in [6, 6.07) is 7.01. The van der Waals surface area contributed by atoms with E-state index in [-0.39, 0.29) is 17.6 Å². The molecule has 1 amide bonds. The molecule has 6 heteroatoms. The van der Waals surface area contributed by atoms with Crippen molar-refractivity contribution >= 4 is 17.5 Å². The van der Waals surface area contributed by atoms with E-state index in [1.54, 1.807) is 12.1 Å². The first-order valence-corrected chi connectivity index (χ1v) is 7.57. The van der Waals surface area contributed by atoms with Crippen LogP contribution in [0.15, 0.2) is 34.9 Å². The minimum absolute atomic E-state index is 0.233. The van der Waals surface area contributed by atoms with Crippen LogP contribution in [0.3, 0.4) is 0 Å². The van der Waals surface area contributed by atoms with Gasteiger partial charge in [-0.15, -0.1) is 0 Å². The van der Waals surface area contributed by atoms with Gasteiger partial charge in [0, 0.05) is 11.6 Å². The number of oxazole rings is 1. The molecule has 5 nitrogen and oxygen atoms in total. The second-order valence-corrected chi connectivity index (χ2v) is 6.06. The average Bonchev–Trinajstić information content (AvgIpc) is 2.94. The topological polar surface area (TPSA) is 81.1 Å². The number of benzene rings is 1. The van der Waals surface area contributed by atoms with Gasteiger partial charge in [-0.25, -0.2) is 4.98 Å². The lowest BCUT2D eigenvalue weighted by atomic mass is 10.0. The fraction of sp³-hybridized carbons (Fsp3) is 0.375. The zero-order chi connectivity index (χ0) is 16.1. The van der Waals surface area contributed by atoms with E-state index in [4.69, 9.17) is 21.8 Å². The van der Waals surface area contributed by atoms with Gasteiger partial charge in [0.2, 0.25) is 5.89 Å². The Kier molecular flexibility index (Phi) is 5.57. The van der Waals surface area contributed by atoms with Crippen LogP contribution in [-0.2, 0) is 6.54 Å². The third kappa shape index (κ3) is 4.58. The molecule has 1 aromatic heterocycles. The summed E-state index contributed by atoms with van der Waals surface area (Å²) in [5, 5.41) is 3.41. The van der Waals surface area contributed by atoms with Crippen LogP contribution in [0.1, 0.15) is 48.3 Å². The Labute approximate surface area is 134 Å². The lowest BCUT2D eigenvalue weighted by Crippen LogP contribution is -2.23. The number of amides is 1. The number of carbonyl (C=O) groups is 1. The number of halogens is 1.